The summed E-state index contributed by atoms with van der Waals surface area (Å²) < 4.78 is 16.3. The number of nitrogens with zero attached hydrogens (tertiary/aromatic N) is 1. The molecular formula is C27H30FN5O7. The number of likely N-dealkylation sites (tertiary alicyclic amines) is 1. The Morgan fingerprint density at radius 2 is 1.95 bits per heavy atom. The Hall–Kier alpha value is -3.71. The fourth-order valence-electron chi connectivity index (χ4n) is 7.96. The van der Waals surface area contributed by atoms with Crippen LogP contribution >= 0.6 is 0 Å². The number of phenolic OH excluding ortho intramolecular Hbond substituents is 1. The average Bonchev–Trinajstić information content (AvgIpc) is 3.27. The first kappa shape index (κ1) is 26.5. The van der Waals surface area contributed by atoms with Crippen LogP contribution in [-0.2, 0) is 25.6 Å². The van der Waals surface area contributed by atoms with Crippen molar-refractivity contribution in [1.29, 1.82) is 5.41 Å². The molecule has 5 aliphatic rings. The van der Waals surface area contributed by atoms with Crippen molar-refractivity contribution in [2.45, 2.75) is 43.9 Å². The number of anilines is 1. The number of benzene rings is 1. The number of ketones is 3. The highest BCUT2D eigenvalue weighted by molar-refractivity contribution is 6.33. The molecule has 2 amide bonds. The second kappa shape index (κ2) is 8.64. The Kier molecular flexibility index (Phi) is 5.73. The first-order chi connectivity index (χ1) is 18.8. The average molecular weight is 556 g/mol. The Morgan fingerprint density at radius 1 is 1.25 bits per heavy atom. The van der Waals surface area contributed by atoms with Gasteiger partial charge in [0.05, 0.1) is 28.9 Å². The Bertz CT molecular complexity index is 1440. The van der Waals surface area contributed by atoms with Gasteiger partial charge in [0.15, 0.2) is 23.0 Å². The van der Waals surface area contributed by atoms with Crippen LogP contribution in [0.3, 0.4) is 0 Å². The van der Waals surface area contributed by atoms with E-state index >= 15 is 4.39 Å². The summed E-state index contributed by atoms with van der Waals surface area (Å²) in [6.45, 7) is 2.32. The molecule has 8 unspecified atom stereocenters. The zero-order valence-corrected chi connectivity index (χ0v) is 21.9. The van der Waals surface area contributed by atoms with Crippen molar-refractivity contribution in [3.8, 4) is 5.75 Å². The number of nitrogens with one attached hydrogen (secondary N) is 3. The van der Waals surface area contributed by atoms with Crippen molar-refractivity contribution >= 4 is 40.6 Å². The quantitative estimate of drug-likeness (QED) is 0.204. The third-order valence-electron chi connectivity index (χ3n) is 9.71. The molecule has 212 valence electrons. The van der Waals surface area contributed by atoms with Crippen LogP contribution in [0.25, 0.3) is 0 Å². The van der Waals surface area contributed by atoms with Gasteiger partial charge in [-0.1, -0.05) is 0 Å². The van der Waals surface area contributed by atoms with Crippen molar-refractivity contribution < 1.29 is 38.6 Å². The second-order valence-electron chi connectivity index (χ2n) is 11.8. The van der Waals surface area contributed by atoms with E-state index in [1.54, 1.807) is 0 Å². The van der Waals surface area contributed by atoms with Gasteiger partial charge in [0.2, 0.25) is 11.8 Å². The van der Waals surface area contributed by atoms with Gasteiger partial charge < -0.3 is 32.0 Å². The van der Waals surface area contributed by atoms with Crippen molar-refractivity contribution in [2.24, 2.45) is 35.3 Å². The van der Waals surface area contributed by atoms with Gasteiger partial charge in [0, 0.05) is 36.6 Å². The summed E-state index contributed by atoms with van der Waals surface area (Å²) >= 11 is 0. The minimum atomic E-state index is -2.75. The molecule has 0 aromatic heterocycles. The number of primary amides is 1. The summed E-state index contributed by atoms with van der Waals surface area (Å²) in [6, 6.07) is -1.83. The second-order valence-corrected chi connectivity index (χ2v) is 11.8. The van der Waals surface area contributed by atoms with E-state index in [9.17, 15) is 34.2 Å². The molecular weight excluding hydrogens is 525 g/mol. The summed E-state index contributed by atoms with van der Waals surface area (Å²) in [6.07, 6.45) is 0.482. The monoisotopic (exact) mass is 555 g/mol. The Labute approximate surface area is 228 Å². The third kappa shape index (κ3) is 3.24. The zero-order chi connectivity index (χ0) is 29.0. The van der Waals surface area contributed by atoms with Crippen LogP contribution in [0.15, 0.2) is 0 Å². The van der Waals surface area contributed by atoms with E-state index in [4.69, 9.17) is 11.1 Å². The van der Waals surface area contributed by atoms with Gasteiger partial charge in [0.25, 0.3) is 0 Å². The van der Waals surface area contributed by atoms with E-state index in [0.29, 0.717) is 6.54 Å². The normalized spacial score (nSPS) is 36.5. The van der Waals surface area contributed by atoms with Gasteiger partial charge in [-0.25, -0.2) is 4.39 Å². The number of hydrogen-bond acceptors (Lipinski definition) is 10. The SMILES string of the molecule is CC(=O)NC1C(=O)C(C(N)=O)C(=N)C2(O)C(=O)C3C(=O)c4c(O)c5c(c(F)c4CC3CC12)C1C(CCN1C)CN5. The number of fused-ring (bicyclic) bond motifs is 6. The number of Topliss-reactive ketones (excluding diaryl/α,β-unsaturated/α-hetero) is 3. The molecule has 2 heterocycles. The largest absolute Gasteiger partial charge is 0.505 e. The third-order valence-corrected chi connectivity index (χ3v) is 9.71. The van der Waals surface area contributed by atoms with Crippen LogP contribution in [0.1, 0.15) is 47.3 Å². The number of amides is 2. The fraction of sp³-hybridized carbons (Fsp3) is 0.556. The summed E-state index contributed by atoms with van der Waals surface area (Å²) in [5.41, 5.74) is 1.64. The highest BCUT2D eigenvalue weighted by Crippen LogP contribution is 2.54. The number of aromatic hydroxyl groups is 1. The van der Waals surface area contributed by atoms with Gasteiger partial charge in [0.1, 0.15) is 17.5 Å². The number of hydrogen-bond donors (Lipinski definition) is 6. The van der Waals surface area contributed by atoms with Crippen LogP contribution in [0.2, 0.25) is 0 Å². The summed E-state index contributed by atoms with van der Waals surface area (Å²) in [5.74, 6) is -11.7. The van der Waals surface area contributed by atoms with E-state index in [-0.39, 0.29) is 47.2 Å². The first-order valence-electron chi connectivity index (χ1n) is 13.3. The number of nitrogens with two attached hydrogens (primary N) is 1. The molecule has 7 N–H and O–H groups in total. The molecule has 3 aliphatic carbocycles. The molecule has 12 nitrogen and oxygen atoms in total. The number of phenols is 1. The van der Waals surface area contributed by atoms with E-state index < -0.39 is 81.8 Å². The van der Waals surface area contributed by atoms with Crippen LogP contribution in [0.4, 0.5) is 10.1 Å². The van der Waals surface area contributed by atoms with Gasteiger partial charge in [-0.15, -0.1) is 0 Å². The van der Waals surface area contributed by atoms with Crippen LogP contribution in [0, 0.1) is 40.8 Å². The lowest BCUT2D eigenvalue weighted by Gasteiger charge is -2.52. The number of halogens is 1. The standard InChI is InChI=1S/C27H30FN5O7/c1-8(34)32-18-12-6-10-5-11-14(22(36)19-15(17(11)28)20-9(7-31-19)3-4-33(20)2)21(35)13(10)25(38)27(12,40)24(29)16(23(18)37)26(30)39/h9-10,12-13,16,18,20,29,31,36,40H,3-7H2,1-2H3,(H2,30,39)(H,32,34). The molecule has 1 saturated heterocycles. The van der Waals surface area contributed by atoms with Gasteiger partial charge >= 0.3 is 0 Å². The molecule has 3 fully saturated rings. The zero-order valence-electron chi connectivity index (χ0n) is 21.9. The molecule has 8 atom stereocenters. The lowest BCUT2D eigenvalue weighted by atomic mass is 9.52. The number of carbonyl (C=O) groups excluding carboxylic acids is 5. The number of carbonyl (C=O) groups is 5. The van der Waals surface area contributed by atoms with Crippen molar-refractivity contribution in [2.75, 3.05) is 25.5 Å². The van der Waals surface area contributed by atoms with Gasteiger partial charge in [-0.2, -0.15) is 0 Å². The molecule has 0 radical (unpaired) electrons. The Balaban J connectivity index is 1.49. The van der Waals surface area contributed by atoms with Crippen molar-refractivity contribution in [3.05, 3.63) is 22.5 Å². The number of aliphatic hydroxyl groups is 1. The van der Waals surface area contributed by atoms with Crippen LogP contribution in [-0.4, -0.2) is 81.8 Å². The summed E-state index contributed by atoms with van der Waals surface area (Å²) in [5, 5.41) is 36.9. The molecule has 40 heavy (non-hydrogen) atoms. The lowest BCUT2D eigenvalue weighted by molar-refractivity contribution is -0.155. The van der Waals surface area contributed by atoms with Crippen LogP contribution in [0.5, 0.6) is 5.75 Å². The molecule has 6 rings (SSSR count). The molecule has 2 saturated carbocycles. The minimum Gasteiger partial charge on any atom is -0.505 e. The molecule has 2 aliphatic heterocycles. The lowest BCUT2D eigenvalue weighted by Crippen LogP contribution is -2.74. The van der Waals surface area contributed by atoms with Crippen LogP contribution < -0.4 is 16.4 Å². The predicted octanol–water partition coefficient (Wildman–Crippen LogP) is -0.550. The topological polar surface area (TPSA) is 203 Å². The molecule has 0 bridgehead atoms. The smallest absolute Gasteiger partial charge is 0.233 e. The maximum Gasteiger partial charge on any atom is 0.233 e. The maximum absolute atomic E-state index is 16.3. The van der Waals surface area contributed by atoms with Crippen molar-refractivity contribution in [1.82, 2.24) is 10.2 Å². The molecule has 1 aromatic carbocycles. The maximum atomic E-state index is 16.3. The fourth-order valence-corrected chi connectivity index (χ4v) is 7.96. The highest BCUT2D eigenvalue weighted by atomic mass is 19.1. The molecule has 1 aromatic rings. The summed E-state index contributed by atoms with van der Waals surface area (Å²) in [4.78, 5) is 67.1. The van der Waals surface area contributed by atoms with E-state index in [2.05, 4.69) is 10.6 Å². The summed E-state index contributed by atoms with van der Waals surface area (Å²) in [7, 11) is 1.87. The molecule has 0 spiro atoms. The van der Waals surface area contributed by atoms with Gasteiger partial charge in [-0.3, -0.25) is 28.9 Å². The predicted molar refractivity (Wildman–Crippen MR) is 136 cm³/mol. The van der Waals surface area contributed by atoms with Gasteiger partial charge in [-0.05, 0) is 44.7 Å². The van der Waals surface area contributed by atoms with E-state index in [0.717, 1.165) is 19.9 Å². The minimum absolute atomic E-state index is 0.0354. The van der Waals surface area contributed by atoms with Crippen molar-refractivity contribution in [3.63, 3.8) is 0 Å². The van der Waals surface area contributed by atoms with E-state index in [1.807, 2.05) is 11.9 Å². The first-order valence-corrected chi connectivity index (χ1v) is 13.3. The number of rotatable bonds is 2. The van der Waals surface area contributed by atoms with E-state index in [1.165, 1.54) is 0 Å². The highest BCUT2D eigenvalue weighted by Gasteiger charge is 2.67. The Morgan fingerprint density at radius 3 is 2.60 bits per heavy atom. The molecule has 13 heteroatoms.